The van der Waals surface area contributed by atoms with Gasteiger partial charge in [-0.3, -0.25) is 5.32 Å². The Balaban J connectivity index is 2.73. The minimum atomic E-state index is -0.882. The third-order valence-corrected chi connectivity index (χ3v) is 1.46. The van der Waals surface area contributed by atoms with Crippen molar-refractivity contribution in [1.29, 1.82) is 0 Å². The second kappa shape index (κ2) is 4.42. The molecule has 6 heteroatoms. The number of ether oxygens (including phenoxy) is 1. The van der Waals surface area contributed by atoms with E-state index in [-0.39, 0.29) is 5.69 Å². The number of carbonyl (C=O) groups excluding carboxylic acids is 1. The van der Waals surface area contributed by atoms with Gasteiger partial charge in [0, 0.05) is 6.07 Å². The lowest BCUT2D eigenvalue weighted by Crippen LogP contribution is -2.27. The number of amides is 1. The summed E-state index contributed by atoms with van der Waals surface area (Å²) in [5, 5.41) is 2.09. The zero-order chi connectivity index (χ0) is 12.3. The van der Waals surface area contributed by atoms with Crippen LogP contribution in [0.25, 0.3) is 0 Å². The number of nitrogens with one attached hydrogen (secondary N) is 1. The predicted octanol–water partition coefficient (Wildman–Crippen LogP) is 2.71. The molecule has 16 heavy (non-hydrogen) atoms. The Morgan fingerprint density at radius 3 is 2.62 bits per heavy atom. The fourth-order valence-corrected chi connectivity index (χ4v) is 0.923. The molecular formula is C10H12F2N2O2. The lowest BCUT2D eigenvalue weighted by atomic mass is 10.2. The van der Waals surface area contributed by atoms with E-state index < -0.39 is 23.5 Å². The summed E-state index contributed by atoms with van der Waals surface area (Å²) in [6.07, 6.45) is -0.167. The van der Waals surface area contributed by atoms with Crippen LogP contribution in [0.15, 0.2) is 12.3 Å². The fourth-order valence-electron chi connectivity index (χ4n) is 0.923. The van der Waals surface area contributed by atoms with Crippen LogP contribution in [0.4, 0.5) is 19.3 Å². The van der Waals surface area contributed by atoms with E-state index in [1.54, 1.807) is 20.8 Å². The smallest absolute Gasteiger partial charge is 0.412 e. The molecule has 0 atom stereocenters. The number of nitrogens with zero attached hydrogens (tertiary/aromatic N) is 1. The Morgan fingerprint density at radius 1 is 1.44 bits per heavy atom. The Morgan fingerprint density at radius 2 is 2.06 bits per heavy atom. The summed E-state index contributed by atoms with van der Waals surface area (Å²) < 4.78 is 30.6. The topological polar surface area (TPSA) is 51.2 Å². The van der Waals surface area contributed by atoms with Crippen molar-refractivity contribution in [3.05, 3.63) is 24.0 Å². The molecule has 1 rings (SSSR count). The number of pyridine rings is 1. The molecule has 0 bridgehead atoms. The number of aromatic nitrogens is 1. The molecule has 0 aliphatic carbocycles. The van der Waals surface area contributed by atoms with E-state index in [4.69, 9.17) is 4.74 Å². The van der Waals surface area contributed by atoms with E-state index in [2.05, 4.69) is 10.3 Å². The van der Waals surface area contributed by atoms with Crippen LogP contribution in [-0.4, -0.2) is 16.7 Å². The predicted molar refractivity (Wildman–Crippen MR) is 54.0 cm³/mol. The van der Waals surface area contributed by atoms with Gasteiger partial charge in [0.15, 0.2) is 5.82 Å². The number of hydrogen-bond acceptors (Lipinski definition) is 3. The van der Waals surface area contributed by atoms with Gasteiger partial charge in [-0.25, -0.2) is 14.2 Å². The van der Waals surface area contributed by atoms with Crippen LogP contribution < -0.4 is 5.32 Å². The number of rotatable bonds is 1. The van der Waals surface area contributed by atoms with Crippen molar-refractivity contribution >= 4 is 11.8 Å². The van der Waals surface area contributed by atoms with Gasteiger partial charge in [0.25, 0.3) is 0 Å². The minimum Gasteiger partial charge on any atom is -0.444 e. The van der Waals surface area contributed by atoms with E-state index in [0.717, 1.165) is 6.07 Å². The third-order valence-electron chi connectivity index (χ3n) is 1.46. The molecule has 1 aromatic heterocycles. The molecule has 1 N–H and O–H groups in total. The zero-order valence-electron chi connectivity index (χ0n) is 9.17. The van der Waals surface area contributed by atoms with Crippen molar-refractivity contribution in [3.63, 3.8) is 0 Å². The number of carbonyl (C=O) groups is 1. The number of anilines is 1. The molecule has 4 nitrogen and oxygen atoms in total. The molecule has 0 spiro atoms. The summed E-state index contributed by atoms with van der Waals surface area (Å²) in [7, 11) is 0. The molecule has 88 valence electrons. The Kier molecular flexibility index (Phi) is 3.41. The van der Waals surface area contributed by atoms with Gasteiger partial charge in [0.1, 0.15) is 5.60 Å². The van der Waals surface area contributed by atoms with Crippen LogP contribution in [0.2, 0.25) is 0 Å². The quantitative estimate of drug-likeness (QED) is 0.754. The SMILES string of the molecule is CC(C)(C)OC(=O)Nc1cc(F)ncc1F. The minimum absolute atomic E-state index is 0.304. The van der Waals surface area contributed by atoms with E-state index in [0.29, 0.717) is 6.20 Å². The highest BCUT2D eigenvalue weighted by Crippen LogP contribution is 2.15. The Hall–Kier alpha value is -1.72. The van der Waals surface area contributed by atoms with Crippen LogP contribution in [0.5, 0.6) is 0 Å². The molecule has 0 radical (unpaired) electrons. The van der Waals surface area contributed by atoms with Crippen LogP contribution >= 0.6 is 0 Å². The molecule has 0 saturated carbocycles. The molecule has 0 saturated heterocycles. The van der Waals surface area contributed by atoms with Crippen molar-refractivity contribution in [2.75, 3.05) is 5.32 Å². The normalized spacial score (nSPS) is 11.1. The highest BCUT2D eigenvalue weighted by atomic mass is 19.1. The molecule has 1 heterocycles. The van der Waals surface area contributed by atoms with Crippen LogP contribution in [0, 0.1) is 11.8 Å². The highest BCUT2D eigenvalue weighted by molar-refractivity contribution is 5.84. The molecule has 0 aliphatic heterocycles. The third kappa shape index (κ3) is 3.80. The Labute approximate surface area is 91.6 Å². The maximum Gasteiger partial charge on any atom is 0.412 e. The second-order valence-corrected chi connectivity index (χ2v) is 4.11. The second-order valence-electron chi connectivity index (χ2n) is 4.11. The zero-order valence-corrected chi connectivity index (χ0v) is 9.17. The van der Waals surface area contributed by atoms with E-state index in [9.17, 15) is 13.6 Å². The highest BCUT2D eigenvalue weighted by Gasteiger charge is 2.17. The summed E-state index contributed by atoms with van der Waals surface area (Å²) in [6.45, 7) is 4.99. The monoisotopic (exact) mass is 230 g/mol. The van der Waals surface area contributed by atoms with E-state index in [1.807, 2.05) is 0 Å². The fraction of sp³-hybridized carbons (Fsp3) is 0.400. The molecule has 1 aromatic rings. The lowest BCUT2D eigenvalue weighted by molar-refractivity contribution is 0.0635. The van der Waals surface area contributed by atoms with Crippen molar-refractivity contribution in [3.8, 4) is 0 Å². The standard InChI is InChI=1S/C10H12F2N2O2/c1-10(2,3)16-9(15)14-7-4-8(12)13-5-6(7)11/h4-5H,1-3H3,(H,13,14,15). The van der Waals surface area contributed by atoms with E-state index in [1.165, 1.54) is 0 Å². The van der Waals surface area contributed by atoms with Gasteiger partial charge in [-0.1, -0.05) is 0 Å². The Bertz CT molecular complexity index is 402. The average Bonchev–Trinajstić information content (AvgIpc) is 2.08. The van der Waals surface area contributed by atoms with Crippen molar-refractivity contribution in [2.24, 2.45) is 0 Å². The molecular weight excluding hydrogens is 218 g/mol. The maximum absolute atomic E-state index is 13.1. The van der Waals surface area contributed by atoms with Gasteiger partial charge in [-0.2, -0.15) is 4.39 Å². The summed E-state index contributed by atoms with van der Waals surface area (Å²) in [6, 6.07) is 0.777. The molecule has 0 aromatic carbocycles. The molecule has 1 amide bonds. The molecule has 0 unspecified atom stereocenters. The summed E-state index contributed by atoms with van der Waals surface area (Å²) in [5.41, 5.74) is -1.01. The first-order valence-corrected chi connectivity index (χ1v) is 4.59. The number of halogens is 2. The first kappa shape index (κ1) is 12.4. The maximum atomic E-state index is 13.1. The van der Waals surface area contributed by atoms with Gasteiger partial charge in [-0.15, -0.1) is 0 Å². The van der Waals surface area contributed by atoms with Gasteiger partial charge in [0.05, 0.1) is 11.9 Å². The lowest BCUT2D eigenvalue weighted by Gasteiger charge is -2.19. The van der Waals surface area contributed by atoms with Crippen LogP contribution in [0.1, 0.15) is 20.8 Å². The van der Waals surface area contributed by atoms with Gasteiger partial charge >= 0.3 is 6.09 Å². The van der Waals surface area contributed by atoms with Crippen molar-refractivity contribution < 1.29 is 18.3 Å². The summed E-state index contributed by atoms with van der Waals surface area (Å²) in [5.74, 6) is -1.71. The first-order chi connectivity index (χ1) is 7.28. The molecule has 0 aliphatic rings. The van der Waals surface area contributed by atoms with Gasteiger partial charge in [-0.05, 0) is 20.8 Å². The number of hydrogen-bond donors (Lipinski definition) is 1. The summed E-state index contributed by atoms with van der Waals surface area (Å²) in [4.78, 5) is 14.3. The average molecular weight is 230 g/mol. The van der Waals surface area contributed by atoms with Gasteiger partial charge < -0.3 is 4.74 Å². The van der Waals surface area contributed by atoms with Crippen molar-refractivity contribution in [1.82, 2.24) is 4.98 Å². The van der Waals surface area contributed by atoms with Crippen LogP contribution in [0.3, 0.4) is 0 Å². The van der Waals surface area contributed by atoms with Crippen LogP contribution in [-0.2, 0) is 4.74 Å². The first-order valence-electron chi connectivity index (χ1n) is 4.59. The van der Waals surface area contributed by atoms with Crippen molar-refractivity contribution in [2.45, 2.75) is 26.4 Å². The largest absolute Gasteiger partial charge is 0.444 e. The van der Waals surface area contributed by atoms with Gasteiger partial charge in [0.2, 0.25) is 5.95 Å². The summed E-state index contributed by atoms with van der Waals surface area (Å²) >= 11 is 0. The molecule has 0 fully saturated rings. The van der Waals surface area contributed by atoms with E-state index >= 15 is 0 Å².